The quantitative estimate of drug-likeness (QED) is 0.449. The van der Waals surface area contributed by atoms with Crippen LogP contribution in [0.5, 0.6) is 0 Å². The normalized spacial score (nSPS) is 10.8. The van der Waals surface area contributed by atoms with Gasteiger partial charge in [-0.05, 0) is 48.7 Å². The van der Waals surface area contributed by atoms with Crippen molar-refractivity contribution in [2.24, 2.45) is 0 Å². The van der Waals surface area contributed by atoms with Crippen LogP contribution in [0.25, 0.3) is 22.5 Å². The molecule has 0 radical (unpaired) electrons. The van der Waals surface area contributed by atoms with E-state index in [0.717, 1.165) is 27.4 Å². The Morgan fingerprint density at radius 3 is 1.96 bits per heavy atom. The van der Waals surface area contributed by atoms with Crippen molar-refractivity contribution in [2.75, 3.05) is 6.26 Å². The van der Waals surface area contributed by atoms with E-state index in [1.165, 1.54) is 0 Å². The molecule has 0 amide bonds. The molecule has 0 aliphatic rings. The summed E-state index contributed by atoms with van der Waals surface area (Å²) in [5.41, 5.74) is 3.56. The Morgan fingerprint density at radius 2 is 1.35 bits per heavy atom. The third-order valence-electron chi connectivity index (χ3n) is 3.31. The van der Waals surface area contributed by atoms with Crippen molar-refractivity contribution in [2.45, 2.75) is 4.90 Å². The fourth-order valence-corrected chi connectivity index (χ4v) is 3.44. The van der Waals surface area contributed by atoms with Crippen LogP contribution < -0.4 is 0 Å². The van der Waals surface area contributed by atoms with Gasteiger partial charge in [-0.2, -0.15) is 0 Å². The maximum absolute atomic E-state index is 6.12. The highest BCUT2D eigenvalue weighted by molar-refractivity contribution is 7.98. The Balaban J connectivity index is 2.16. The molecular formula is C18H12Cl3NS. The number of thioether (sulfide) groups is 1. The third kappa shape index (κ3) is 4.02. The molecule has 2 aromatic carbocycles. The highest BCUT2D eigenvalue weighted by atomic mass is 35.5. The number of rotatable bonds is 3. The van der Waals surface area contributed by atoms with Crippen LogP contribution in [0.15, 0.2) is 59.5 Å². The van der Waals surface area contributed by atoms with Gasteiger partial charge in [0, 0.05) is 31.1 Å². The lowest BCUT2D eigenvalue weighted by Crippen LogP contribution is -1.90. The van der Waals surface area contributed by atoms with Gasteiger partial charge in [-0.15, -0.1) is 11.8 Å². The average molecular weight is 381 g/mol. The molecule has 0 fully saturated rings. The minimum absolute atomic E-state index is 0.591. The molecule has 0 unspecified atom stereocenters. The number of pyridine rings is 1. The lowest BCUT2D eigenvalue weighted by atomic mass is 10.1. The van der Waals surface area contributed by atoms with Gasteiger partial charge in [0.1, 0.15) is 0 Å². The van der Waals surface area contributed by atoms with E-state index in [2.05, 4.69) is 0 Å². The van der Waals surface area contributed by atoms with Gasteiger partial charge < -0.3 is 0 Å². The summed E-state index contributed by atoms with van der Waals surface area (Å²) in [4.78, 5) is 5.87. The summed E-state index contributed by atoms with van der Waals surface area (Å²) in [5.74, 6) is 0. The van der Waals surface area contributed by atoms with E-state index in [-0.39, 0.29) is 0 Å². The Morgan fingerprint density at radius 1 is 0.739 bits per heavy atom. The van der Waals surface area contributed by atoms with Crippen molar-refractivity contribution < 1.29 is 0 Å². The molecule has 0 aliphatic heterocycles. The molecule has 3 aromatic rings. The third-order valence-corrected chi connectivity index (χ3v) is 4.69. The summed E-state index contributed by atoms with van der Waals surface area (Å²) in [6.07, 6.45) is 2.03. The molecule has 0 N–H and O–H groups in total. The lowest BCUT2D eigenvalue weighted by Gasteiger charge is -2.09. The van der Waals surface area contributed by atoms with Crippen molar-refractivity contribution in [3.8, 4) is 22.5 Å². The van der Waals surface area contributed by atoms with Gasteiger partial charge in [-0.1, -0.05) is 46.9 Å². The van der Waals surface area contributed by atoms with E-state index in [9.17, 15) is 0 Å². The summed E-state index contributed by atoms with van der Waals surface area (Å²) in [6, 6.07) is 17.2. The molecule has 3 rings (SSSR count). The molecule has 0 atom stereocenters. The number of benzene rings is 2. The number of nitrogens with zero attached hydrogens (tertiary/aromatic N) is 1. The van der Waals surface area contributed by atoms with Crippen LogP contribution in [0.3, 0.4) is 0 Å². The molecular weight excluding hydrogens is 369 g/mol. The second-order valence-corrected chi connectivity index (χ2v) is 7.13. The lowest BCUT2D eigenvalue weighted by molar-refractivity contribution is 1.27. The van der Waals surface area contributed by atoms with Gasteiger partial charge in [0.2, 0.25) is 0 Å². The van der Waals surface area contributed by atoms with Crippen molar-refractivity contribution >= 4 is 46.6 Å². The van der Waals surface area contributed by atoms with Crippen LogP contribution in [0.1, 0.15) is 0 Å². The van der Waals surface area contributed by atoms with Gasteiger partial charge in [-0.3, -0.25) is 0 Å². The van der Waals surface area contributed by atoms with E-state index >= 15 is 0 Å². The van der Waals surface area contributed by atoms with Crippen LogP contribution in [-0.2, 0) is 0 Å². The number of hydrogen-bond donors (Lipinski definition) is 0. The molecule has 1 heterocycles. The van der Waals surface area contributed by atoms with Gasteiger partial charge in [0.15, 0.2) is 0 Å². The van der Waals surface area contributed by atoms with Crippen LogP contribution in [-0.4, -0.2) is 11.2 Å². The summed E-state index contributed by atoms with van der Waals surface area (Å²) < 4.78 is 0. The average Bonchev–Trinajstić information content (AvgIpc) is 2.53. The second kappa shape index (κ2) is 7.14. The minimum atomic E-state index is 0.591. The number of halogens is 3. The molecule has 5 heteroatoms. The zero-order valence-corrected chi connectivity index (χ0v) is 15.3. The minimum Gasteiger partial charge on any atom is -0.248 e. The van der Waals surface area contributed by atoms with Gasteiger partial charge in [0.25, 0.3) is 0 Å². The SMILES string of the molecule is CSc1cc(-c2cccc(Cl)c2)nc(-c2cc(Cl)cc(Cl)c2)c1. The first-order valence-corrected chi connectivity index (χ1v) is 9.19. The maximum atomic E-state index is 6.12. The van der Waals surface area contributed by atoms with Crippen LogP contribution >= 0.6 is 46.6 Å². The predicted molar refractivity (Wildman–Crippen MR) is 102 cm³/mol. The van der Waals surface area contributed by atoms with Crippen LogP contribution in [0.2, 0.25) is 15.1 Å². The Hall–Kier alpha value is -1.19. The molecule has 0 aliphatic carbocycles. The number of hydrogen-bond acceptors (Lipinski definition) is 2. The standard InChI is InChI=1S/C18H12Cl3NS/c1-23-16-9-17(11-3-2-4-13(19)5-11)22-18(10-16)12-6-14(20)8-15(21)7-12/h2-10H,1H3. The highest BCUT2D eigenvalue weighted by Gasteiger charge is 2.09. The largest absolute Gasteiger partial charge is 0.248 e. The molecule has 0 saturated carbocycles. The summed E-state index contributed by atoms with van der Waals surface area (Å²) in [7, 11) is 0. The first-order valence-electron chi connectivity index (χ1n) is 6.83. The molecule has 1 aromatic heterocycles. The monoisotopic (exact) mass is 379 g/mol. The predicted octanol–water partition coefficient (Wildman–Crippen LogP) is 7.10. The summed E-state index contributed by atoms with van der Waals surface area (Å²) in [5, 5.41) is 1.87. The Labute approximate surface area is 154 Å². The van der Waals surface area contributed by atoms with Gasteiger partial charge >= 0.3 is 0 Å². The van der Waals surface area contributed by atoms with E-state index in [1.54, 1.807) is 17.8 Å². The topological polar surface area (TPSA) is 12.9 Å². The van der Waals surface area contributed by atoms with Crippen molar-refractivity contribution in [3.63, 3.8) is 0 Å². The Kier molecular flexibility index (Phi) is 5.17. The zero-order valence-electron chi connectivity index (χ0n) is 12.2. The first kappa shape index (κ1) is 16.7. The fourth-order valence-electron chi connectivity index (χ4n) is 2.27. The van der Waals surface area contributed by atoms with E-state index in [4.69, 9.17) is 39.8 Å². The smallest absolute Gasteiger partial charge is 0.0721 e. The van der Waals surface area contributed by atoms with E-state index in [0.29, 0.717) is 15.1 Å². The van der Waals surface area contributed by atoms with E-state index in [1.807, 2.05) is 54.8 Å². The maximum Gasteiger partial charge on any atom is 0.0721 e. The molecule has 116 valence electrons. The summed E-state index contributed by atoms with van der Waals surface area (Å²) >= 11 is 20.0. The van der Waals surface area contributed by atoms with Crippen LogP contribution in [0, 0.1) is 0 Å². The van der Waals surface area contributed by atoms with Gasteiger partial charge in [0.05, 0.1) is 11.4 Å². The highest BCUT2D eigenvalue weighted by Crippen LogP contribution is 2.32. The van der Waals surface area contributed by atoms with Crippen molar-refractivity contribution in [3.05, 3.63) is 69.7 Å². The second-order valence-electron chi connectivity index (χ2n) is 4.95. The van der Waals surface area contributed by atoms with Gasteiger partial charge in [-0.25, -0.2) is 4.98 Å². The van der Waals surface area contributed by atoms with Crippen LogP contribution in [0.4, 0.5) is 0 Å². The zero-order chi connectivity index (χ0) is 16.4. The molecule has 1 nitrogen and oxygen atoms in total. The molecule has 0 bridgehead atoms. The molecule has 0 spiro atoms. The summed E-state index contributed by atoms with van der Waals surface area (Å²) in [6.45, 7) is 0. The first-order chi connectivity index (χ1) is 11.0. The van der Waals surface area contributed by atoms with Crippen molar-refractivity contribution in [1.82, 2.24) is 4.98 Å². The molecule has 0 saturated heterocycles. The van der Waals surface area contributed by atoms with E-state index < -0.39 is 0 Å². The fraction of sp³-hybridized carbons (Fsp3) is 0.0556. The molecule has 23 heavy (non-hydrogen) atoms. The van der Waals surface area contributed by atoms with Crippen molar-refractivity contribution in [1.29, 1.82) is 0 Å². The Bertz CT molecular complexity index is 844. The number of aromatic nitrogens is 1.